The molecule has 2 fully saturated rings. The monoisotopic (exact) mass is 582 g/mol. The molecule has 6 rings (SSSR count). The third-order valence-electron chi connectivity index (χ3n) is 8.21. The van der Waals surface area contributed by atoms with Crippen LogP contribution >= 0.6 is 46.4 Å². The van der Waals surface area contributed by atoms with Crippen molar-refractivity contribution in [3.63, 3.8) is 0 Å². The Labute approximate surface area is 243 Å². The summed E-state index contributed by atoms with van der Waals surface area (Å²) < 4.78 is 0. The van der Waals surface area contributed by atoms with Crippen LogP contribution in [0.2, 0.25) is 20.1 Å². The van der Waals surface area contributed by atoms with E-state index in [-0.39, 0.29) is 11.8 Å². The maximum Gasteiger partial charge on any atom is 0.157 e. The van der Waals surface area contributed by atoms with Crippen molar-refractivity contribution < 1.29 is 9.78 Å². The Balaban J connectivity index is 1.59. The fourth-order valence-corrected chi connectivity index (χ4v) is 7.04. The predicted molar refractivity (Wildman–Crippen MR) is 155 cm³/mol. The lowest BCUT2D eigenvalue weighted by Gasteiger charge is -2.57. The van der Waals surface area contributed by atoms with Gasteiger partial charge in [-0.15, -0.1) is 0 Å². The maximum atomic E-state index is 6.82. The smallest absolute Gasteiger partial charge is 0.157 e. The first kappa shape index (κ1) is 26.2. The van der Waals surface area contributed by atoms with Crippen LogP contribution in [0.25, 0.3) is 0 Å². The first-order valence-electron chi connectivity index (χ1n) is 12.8. The second-order valence-electron chi connectivity index (χ2n) is 10.2. The summed E-state index contributed by atoms with van der Waals surface area (Å²) in [5, 5.41) is 2.70. The lowest BCUT2D eigenvalue weighted by atomic mass is 9.57. The maximum absolute atomic E-state index is 6.82. The molecule has 194 valence electrons. The van der Waals surface area contributed by atoms with Crippen molar-refractivity contribution in [2.45, 2.75) is 36.9 Å². The van der Waals surface area contributed by atoms with E-state index in [9.17, 15) is 0 Å². The number of halogens is 4. The minimum Gasteiger partial charge on any atom is -0.219 e. The van der Waals surface area contributed by atoms with E-state index in [0.717, 1.165) is 47.9 Å². The van der Waals surface area contributed by atoms with Crippen molar-refractivity contribution in [2.75, 3.05) is 0 Å². The molecular weight excluding hydrogens is 558 g/mol. The summed E-state index contributed by atoms with van der Waals surface area (Å²) in [6.07, 6.45) is 4.15. The van der Waals surface area contributed by atoms with Crippen LogP contribution < -0.4 is 0 Å². The number of benzene rings is 4. The molecule has 0 N–H and O–H groups in total. The van der Waals surface area contributed by atoms with Crippen LogP contribution in [0.1, 0.15) is 47.9 Å². The number of hydrogen-bond donors (Lipinski definition) is 0. The molecule has 4 aromatic carbocycles. The summed E-state index contributed by atoms with van der Waals surface area (Å²) in [4.78, 5) is 13.6. The predicted octanol–water partition coefficient (Wildman–Crippen LogP) is 10.3. The zero-order valence-corrected chi connectivity index (χ0v) is 23.6. The van der Waals surface area contributed by atoms with Gasteiger partial charge in [-0.25, -0.2) is 9.78 Å². The van der Waals surface area contributed by atoms with Gasteiger partial charge in [-0.1, -0.05) is 108 Å². The van der Waals surface area contributed by atoms with Crippen LogP contribution in [0.15, 0.2) is 97.1 Å². The molecule has 4 aromatic rings. The van der Waals surface area contributed by atoms with Crippen molar-refractivity contribution in [2.24, 2.45) is 11.8 Å². The molecule has 0 radical (unpaired) electrons. The van der Waals surface area contributed by atoms with Gasteiger partial charge in [0.1, 0.15) is 0 Å². The van der Waals surface area contributed by atoms with Gasteiger partial charge in [-0.3, -0.25) is 0 Å². The third kappa shape index (κ3) is 4.36. The van der Waals surface area contributed by atoms with E-state index in [1.165, 1.54) is 0 Å². The van der Waals surface area contributed by atoms with Gasteiger partial charge in [0.15, 0.2) is 11.2 Å². The first-order chi connectivity index (χ1) is 18.4. The molecular formula is C32H26Cl4O2. The van der Waals surface area contributed by atoms with Crippen LogP contribution in [0.5, 0.6) is 0 Å². The van der Waals surface area contributed by atoms with E-state index in [2.05, 4.69) is 0 Å². The second kappa shape index (κ2) is 10.5. The van der Waals surface area contributed by atoms with Gasteiger partial charge in [0.25, 0.3) is 0 Å². The fourth-order valence-electron chi connectivity index (χ4n) is 6.53. The molecule has 1 aliphatic heterocycles. The highest BCUT2D eigenvalue weighted by molar-refractivity contribution is 6.31. The molecule has 38 heavy (non-hydrogen) atoms. The van der Waals surface area contributed by atoms with Crippen molar-refractivity contribution in [1.29, 1.82) is 0 Å². The molecule has 1 saturated carbocycles. The highest BCUT2D eigenvalue weighted by Crippen LogP contribution is 2.61. The van der Waals surface area contributed by atoms with Crippen molar-refractivity contribution in [3.8, 4) is 0 Å². The minimum absolute atomic E-state index is 0.0960. The first-order valence-corrected chi connectivity index (χ1v) is 14.4. The van der Waals surface area contributed by atoms with Crippen molar-refractivity contribution in [3.05, 3.63) is 139 Å². The summed E-state index contributed by atoms with van der Waals surface area (Å²) in [6.45, 7) is 0. The molecule has 1 aliphatic carbocycles. The Morgan fingerprint density at radius 1 is 0.421 bits per heavy atom. The van der Waals surface area contributed by atoms with Gasteiger partial charge in [0.2, 0.25) is 0 Å². The molecule has 6 heteroatoms. The van der Waals surface area contributed by atoms with Gasteiger partial charge in [0.05, 0.1) is 0 Å². The third-order valence-corrected chi connectivity index (χ3v) is 9.22. The molecule has 0 amide bonds. The standard InChI is InChI=1S/C32H26Cl4O2/c33-25-13-5-21(6-14-25)31(22-7-15-26(34)16-8-22)29-3-1-2-4-30(29)32(38-37-31,23-9-17-27(35)18-10-23)24-11-19-28(36)20-12-24/h5-20,29-30H,1-4H2/t29-,30-/m0/s1. The lowest BCUT2D eigenvalue weighted by molar-refractivity contribution is -0.464. The van der Waals surface area contributed by atoms with Crippen LogP contribution in [0.3, 0.4) is 0 Å². The molecule has 2 atom stereocenters. The zero-order chi connectivity index (χ0) is 26.3. The number of hydrogen-bond acceptors (Lipinski definition) is 2. The second-order valence-corrected chi connectivity index (χ2v) is 11.9. The van der Waals surface area contributed by atoms with Crippen molar-refractivity contribution >= 4 is 46.4 Å². The molecule has 0 spiro atoms. The Kier molecular flexibility index (Phi) is 7.24. The summed E-state index contributed by atoms with van der Waals surface area (Å²) in [7, 11) is 0. The van der Waals surface area contributed by atoms with E-state index in [0.29, 0.717) is 20.1 Å². The Morgan fingerprint density at radius 2 is 0.658 bits per heavy atom. The number of rotatable bonds is 4. The van der Waals surface area contributed by atoms with E-state index >= 15 is 0 Å². The Morgan fingerprint density at radius 3 is 0.895 bits per heavy atom. The van der Waals surface area contributed by atoms with Crippen LogP contribution in [-0.2, 0) is 21.0 Å². The minimum atomic E-state index is -0.845. The Hall–Kier alpha value is -2.04. The zero-order valence-electron chi connectivity index (χ0n) is 20.5. The number of fused-ring (bicyclic) bond motifs is 1. The normalized spacial score (nSPS) is 22.0. The molecule has 1 saturated heterocycles. The van der Waals surface area contributed by atoms with Crippen molar-refractivity contribution in [1.82, 2.24) is 0 Å². The van der Waals surface area contributed by atoms with Gasteiger partial charge in [-0.05, 0) is 83.6 Å². The van der Waals surface area contributed by atoms with E-state index in [4.69, 9.17) is 56.2 Å². The highest BCUT2D eigenvalue weighted by Gasteiger charge is 2.61. The Bertz CT molecular complexity index is 1200. The summed E-state index contributed by atoms with van der Waals surface area (Å²) in [5.41, 5.74) is 2.32. The van der Waals surface area contributed by atoms with Crippen LogP contribution in [0.4, 0.5) is 0 Å². The van der Waals surface area contributed by atoms with Crippen LogP contribution in [0, 0.1) is 11.8 Å². The van der Waals surface area contributed by atoms with E-state index in [1.807, 2.05) is 97.1 Å². The molecule has 0 aromatic heterocycles. The molecule has 0 unspecified atom stereocenters. The SMILES string of the molecule is Clc1ccc(C2(c3ccc(Cl)cc3)OOC(c3ccc(Cl)cc3)(c3ccc(Cl)cc3)[C@H]3CCCC[C@@H]32)cc1. The topological polar surface area (TPSA) is 18.5 Å². The lowest BCUT2D eigenvalue weighted by Crippen LogP contribution is -2.58. The molecule has 2 nitrogen and oxygen atoms in total. The quantitative estimate of drug-likeness (QED) is 0.222. The summed E-state index contributed by atoms with van der Waals surface area (Å²) in [6, 6.07) is 31.7. The van der Waals surface area contributed by atoms with Gasteiger partial charge in [0, 0.05) is 31.9 Å². The van der Waals surface area contributed by atoms with Gasteiger partial charge >= 0.3 is 0 Å². The average Bonchev–Trinajstić information content (AvgIpc) is 2.94. The largest absolute Gasteiger partial charge is 0.219 e. The highest BCUT2D eigenvalue weighted by atomic mass is 35.5. The summed E-state index contributed by atoms with van der Waals surface area (Å²) >= 11 is 25.3. The molecule has 2 aliphatic rings. The average molecular weight is 584 g/mol. The fraction of sp³-hybridized carbons (Fsp3) is 0.250. The van der Waals surface area contributed by atoms with E-state index in [1.54, 1.807) is 0 Å². The summed E-state index contributed by atoms with van der Waals surface area (Å²) in [5.74, 6) is 0.192. The molecule has 0 bridgehead atoms. The molecule has 1 heterocycles. The van der Waals surface area contributed by atoms with Gasteiger partial charge in [-0.2, -0.15) is 0 Å². The van der Waals surface area contributed by atoms with E-state index < -0.39 is 11.2 Å². The van der Waals surface area contributed by atoms with Gasteiger partial charge < -0.3 is 0 Å². The van der Waals surface area contributed by atoms with Crippen LogP contribution in [-0.4, -0.2) is 0 Å².